The van der Waals surface area contributed by atoms with Crippen LogP contribution in [0.25, 0.3) is 6.08 Å². The summed E-state index contributed by atoms with van der Waals surface area (Å²) in [5.41, 5.74) is 0.406. The van der Waals surface area contributed by atoms with Crippen molar-refractivity contribution in [2.24, 2.45) is 0 Å². The van der Waals surface area contributed by atoms with Crippen molar-refractivity contribution in [1.82, 2.24) is 4.98 Å². The molecule has 3 rings (SSSR count). The van der Waals surface area contributed by atoms with E-state index < -0.39 is 48.1 Å². The van der Waals surface area contributed by atoms with E-state index in [-0.39, 0.29) is 22.8 Å². The second-order valence-electron chi connectivity index (χ2n) is 7.40. The third kappa shape index (κ3) is 10.7. The van der Waals surface area contributed by atoms with Crippen LogP contribution in [0, 0.1) is 0 Å². The molecule has 0 amide bonds. The van der Waals surface area contributed by atoms with Gasteiger partial charge in [-0.1, -0.05) is 11.6 Å². The molecule has 0 saturated carbocycles. The highest BCUT2D eigenvalue weighted by molar-refractivity contribution is 6.31. The number of aliphatic carboxylic acids is 3. The summed E-state index contributed by atoms with van der Waals surface area (Å²) in [5.74, 6) is -6.74. The first-order valence-corrected chi connectivity index (χ1v) is 10.6. The summed E-state index contributed by atoms with van der Waals surface area (Å²) in [5, 5.41) is 23.6. The molecule has 2 heterocycles. The highest BCUT2D eigenvalue weighted by atomic mass is 35.5. The van der Waals surface area contributed by atoms with E-state index >= 15 is 0 Å². The first-order valence-electron chi connectivity index (χ1n) is 10.2. The van der Waals surface area contributed by atoms with Crippen LogP contribution in [-0.2, 0) is 20.8 Å². The first-order chi connectivity index (χ1) is 18.6. The van der Waals surface area contributed by atoms with E-state index in [1.807, 2.05) is 0 Å². The fourth-order valence-corrected chi connectivity index (χ4v) is 2.88. The average molecular weight is 628 g/mol. The van der Waals surface area contributed by atoms with Gasteiger partial charge in [0.15, 0.2) is 0 Å². The SMILES string of the molecule is COc1ccc(Cc2cc3c(cc2Cl)C=C(C(=O)O)C(C(F)(F)F)O3)nc1.O=C(O)C(F)(F)F.O=C(O)C(F)(F)F. The van der Waals surface area contributed by atoms with Crippen LogP contribution in [0.4, 0.5) is 39.5 Å². The van der Waals surface area contributed by atoms with E-state index in [0.717, 1.165) is 6.08 Å². The van der Waals surface area contributed by atoms with E-state index in [9.17, 15) is 44.3 Å². The second-order valence-corrected chi connectivity index (χ2v) is 7.80. The Kier molecular flexibility index (Phi) is 11.4. The number of benzene rings is 1. The van der Waals surface area contributed by atoms with Crippen LogP contribution < -0.4 is 9.47 Å². The topological polar surface area (TPSA) is 143 Å². The maximum atomic E-state index is 13.2. The molecule has 1 aliphatic rings. The molecule has 19 heteroatoms. The Hall–Kier alpha value is -4.22. The molecule has 0 spiro atoms. The van der Waals surface area contributed by atoms with Gasteiger partial charge in [0.1, 0.15) is 11.5 Å². The monoisotopic (exact) mass is 627 g/mol. The number of carboxylic acid groups (broad SMARTS) is 3. The van der Waals surface area contributed by atoms with Crippen molar-refractivity contribution in [2.45, 2.75) is 31.1 Å². The van der Waals surface area contributed by atoms with Crippen LogP contribution in [-0.4, -0.2) is 70.0 Å². The Balaban J connectivity index is 0.000000497. The number of hydrogen-bond donors (Lipinski definition) is 3. The van der Waals surface area contributed by atoms with Crippen LogP contribution >= 0.6 is 11.6 Å². The zero-order valence-electron chi connectivity index (χ0n) is 19.9. The lowest BCUT2D eigenvalue weighted by Crippen LogP contribution is -2.40. The van der Waals surface area contributed by atoms with Gasteiger partial charge in [-0.2, -0.15) is 39.5 Å². The van der Waals surface area contributed by atoms with Gasteiger partial charge in [-0.15, -0.1) is 0 Å². The molecule has 2 aromatic rings. The highest BCUT2D eigenvalue weighted by Gasteiger charge is 2.48. The fraction of sp³-hybridized carbons (Fsp3) is 0.273. The minimum Gasteiger partial charge on any atom is -0.495 e. The Morgan fingerprint density at radius 2 is 1.46 bits per heavy atom. The van der Waals surface area contributed by atoms with E-state index in [1.165, 1.54) is 25.4 Å². The zero-order valence-corrected chi connectivity index (χ0v) is 20.6. The number of hydrogen-bond acceptors (Lipinski definition) is 6. The van der Waals surface area contributed by atoms with E-state index in [2.05, 4.69) is 4.98 Å². The van der Waals surface area contributed by atoms with E-state index in [0.29, 0.717) is 17.0 Å². The van der Waals surface area contributed by atoms with Gasteiger partial charge < -0.3 is 24.8 Å². The van der Waals surface area contributed by atoms with Crippen molar-refractivity contribution in [3.8, 4) is 11.5 Å². The quantitative estimate of drug-likeness (QED) is 0.380. The number of pyridine rings is 1. The molecule has 1 atom stereocenters. The Morgan fingerprint density at radius 3 is 1.83 bits per heavy atom. The molecule has 3 N–H and O–H groups in total. The molecule has 226 valence electrons. The highest BCUT2D eigenvalue weighted by Crippen LogP contribution is 2.39. The minimum atomic E-state index is -5.08. The number of halogens is 10. The Labute approximate surface area is 227 Å². The molecule has 41 heavy (non-hydrogen) atoms. The van der Waals surface area contributed by atoms with Gasteiger partial charge in [-0.05, 0) is 35.9 Å². The number of ether oxygens (including phenoxy) is 2. The van der Waals surface area contributed by atoms with Crippen molar-refractivity contribution < 1.29 is 78.7 Å². The van der Waals surface area contributed by atoms with Crippen LogP contribution in [0.5, 0.6) is 11.5 Å². The van der Waals surface area contributed by atoms with Crippen molar-refractivity contribution in [3.05, 3.63) is 57.9 Å². The summed E-state index contributed by atoms with van der Waals surface area (Å²) in [6, 6.07) is 6.16. The zero-order chi connectivity index (χ0) is 31.9. The number of alkyl halides is 9. The molecule has 0 radical (unpaired) electrons. The van der Waals surface area contributed by atoms with Crippen molar-refractivity contribution in [1.29, 1.82) is 0 Å². The summed E-state index contributed by atoms with van der Waals surface area (Å²) in [4.78, 5) is 33.2. The van der Waals surface area contributed by atoms with Crippen LogP contribution in [0.2, 0.25) is 5.02 Å². The van der Waals surface area contributed by atoms with Crippen molar-refractivity contribution in [2.75, 3.05) is 7.11 Å². The predicted octanol–water partition coefficient (Wildman–Crippen LogP) is 5.39. The van der Waals surface area contributed by atoms with Gasteiger partial charge in [-0.3, -0.25) is 4.98 Å². The van der Waals surface area contributed by atoms with Gasteiger partial charge >= 0.3 is 36.4 Å². The summed E-state index contributed by atoms with van der Waals surface area (Å²) in [7, 11) is 1.50. The van der Waals surface area contributed by atoms with Crippen molar-refractivity contribution in [3.63, 3.8) is 0 Å². The third-order valence-corrected chi connectivity index (χ3v) is 4.80. The molecular formula is C22H15ClF9NO8. The molecule has 0 aliphatic carbocycles. The summed E-state index contributed by atoms with van der Waals surface area (Å²) in [6.45, 7) is 0. The number of rotatable bonds is 4. The predicted molar refractivity (Wildman–Crippen MR) is 119 cm³/mol. The number of aromatic nitrogens is 1. The standard InChI is InChI=1S/C18H13ClF3NO4.2C2HF3O2/c1-26-12-3-2-11(23-8-12)4-9-7-15-10(6-14(9)19)5-13(17(24)25)16(27-15)18(20,21)22;2*3-2(4,5)1(6)7/h2-3,5-8,16H,4H2,1H3,(H,24,25);2*(H,6,7). The lowest BCUT2D eigenvalue weighted by atomic mass is 9.98. The second kappa shape index (κ2) is 13.4. The van der Waals surface area contributed by atoms with Gasteiger partial charge in [0.25, 0.3) is 0 Å². The lowest BCUT2D eigenvalue weighted by Gasteiger charge is -2.27. The molecule has 0 bridgehead atoms. The van der Waals surface area contributed by atoms with Gasteiger partial charge in [-0.25, -0.2) is 14.4 Å². The summed E-state index contributed by atoms with van der Waals surface area (Å²) >= 11 is 6.22. The van der Waals surface area contributed by atoms with Gasteiger partial charge in [0.2, 0.25) is 6.10 Å². The van der Waals surface area contributed by atoms with Crippen LogP contribution in [0.1, 0.15) is 16.8 Å². The maximum absolute atomic E-state index is 13.2. The first kappa shape index (κ1) is 34.8. The molecule has 1 aromatic heterocycles. The molecule has 1 unspecified atom stereocenters. The number of carboxylic acids is 3. The smallest absolute Gasteiger partial charge is 0.490 e. The molecule has 9 nitrogen and oxygen atoms in total. The van der Waals surface area contributed by atoms with Gasteiger partial charge in [0, 0.05) is 22.7 Å². The number of methoxy groups -OCH3 is 1. The van der Waals surface area contributed by atoms with Crippen LogP contribution in [0.3, 0.4) is 0 Å². The summed E-state index contributed by atoms with van der Waals surface area (Å²) in [6.07, 6.45) is -14.9. The number of nitrogens with zero attached hydrogens (tertiary/aromatic N) is 1. The molecule has 1 aromatic carbocycles. The van der Waals surface area contributed by atoms with Gasteiger partial charge in [0.05, 0.1) is 18.9 Å². The molecule has 0 saturated heterocycles. The van der Waals surface area contributed by atoms with Crippen molar-refractivity contribution >= 4 is 35.6 Å². The molecule has 1 aliphatic heterocycles. The average Bonchev–Trinajstić information content (AvgIpc) is 2.83. The number of fused-ring (bicyclic) bond motifs is 1. The fourth-order valence-electron chi connectivity index (χ4n) is 2.64. The molecular weight excluding hydrogens is 613 g/mol. The minimum absolute atomic E-state index is 0.0877. The normalized spacial score (nSPS) is 14.5. The lowest BCUT2D eigenvalue weighted by molar-refractivity contribution is -0.193. The third-order valence-electron chi connectivity index (χ3n) is 4.45. The van der Waals surface area contributed by atoms with Crippen LogP contribution in [0.15, 0.2) is 36.0 Å². The van der Waals surface area contributed by atoms with E-state index in [4.69, 9.17) is 46.0 Å². The Bertz CT molecular complexity index is 1270. The Morgan fingerprint density at radius 1 is 0.951 bits per heavy atom. The van der Waals surface area contributed by atoms with E-state index in [1.54, 1.807) is 12.1 Å². The summed E-state index contributed by atoms with van der Waals surface area (Å²) < 4.78 is 113. The molecule has 0 fully saturated rings. The largest absolute Gasteiger partial charge is 0.495 e. The number of carbonyl (C=O) groups is 3. The maximum Gasteiger partial charge on any atom is 0.490 e.